The molecule has 1 rings (SSSR count). The van der Waals surface area contributed by atoms with Gasteiger partial charge in [-0.3, -0.25) is 9.59 Å². The lowest BCUT2D eigenvalue weighted by Crippen LogP contribution is -2.43. The summed E-state index contributed by atoms with van der Waals surface area (Å²) in [5.41, 5.74) is 0. The minimum atomic E-state index is -0.290. The van der Waals surface area contributed by atoms with E-state index in [-0.39, 0.29) is 36.8 Å². The van der Waals surface area contributed by atoms with Crippen LogP contribution in [-0.4, -0.2) is 62.8 Å². The van der Waals surface area contributed by atoms with Gasteiger partial charge in [0.1, 0.15) is 0 Å². The fourth-order valence-electron chi connectivity index (χ4n) is 2.16. The molecule has 0 radical (unpaired) electrons. The van der Waals surface area contributed by atoms with Crippen molar-refractivity contribution in [3.05, 3.63) is 0 Å². The number of ether oxygens (including phenoxy) is 2. The number of methoxy groups -OCH3 is 1. The molecule has 0 spiro atoms. The summed E-state index contributed by atoms with van der Waals surface area (Å²) < 4.78 is 10.2. The van der Waals surface area contributed by atoms with E-state index in [4.69, 9.17) is 4.74 Å². The second-order valence-corrected chi connectivity index (χ2v) is 5.46. The monoisotopic (exact) mass is 322 g/mol. The minimum absolute atomic E-state index is 0. The standard InChI is InChI=1S/C14H26N2O4.ClH/c1-11(2)10-16(6-4-14(18)19-3)13(17)8-12-9-15-5-7-20-12;/h11-12,15H,4-10H2,1-3H3;1H. The van der Waals surface area contributed by atoms with Crippen LogP contribution in [0.1, 0.15) is 26.7 Å². The average Bonchev–Trinajstić information content (AvgIpc) is 2.43. The quantitative estimate of drug-likeness (QED) is 0.703. The summed E-state index contributed by atoms with van der Waals surface area (Å²) in [7, 11) is 1.36. The molecule has 0 aliphatic carbocycles. The van der Waals surface area contributed by atoms with Crippen molar-refractivity contribution in [2.24, 2.45) is 5.92 Å². The smallest absolute Gasteiger partial charge is 0.307 e. The molecule has 1 atom stereocenters. The van der Waals surface area contributed by atoms with Crippen LogP contribution in [0.5, 0.6) is 0 Å². The van der Waals surface area contributed by atoms with E-state index in [1.165, 1.54) is 7.11 Å². The van der Waals surface area contributed by atoms with E-state index in [0.29, 0.717) is 38.6 Å². The summed E-state index contributed by atoms with van der Waals surface area (Å²) in [6.07, 6.45) is 0.531. The zero-order valence-electron chi connectivity index (χ0n) is 13.1. The summed E-state index contributed by atoms with van der Waals surface area (Å²) in [6, 6.07) is 0. The van der Waals surface area contributed by atoms with Crippen molar-refractivity contribution in [1.29, 1.82) is 0 Å². The van der Waals surface area contributed by atoms with Gasteiger partial charge in [0.05, 0.1) is 32.7 Å². The van der Waals surface area contributed by atoms with Crippen LogP contribution in [0.2, 0.25) is 0 Å². The van der Waals surface area contributed by atoms with Crippen molar-refractivity contribution in [3.8, 4) is 0 Å². The molecule has 0 saturated carbocycles. The maximum atomic E-state index is 12.3. The van der Waals surface area contributed by atoms with Gasteiger partial charge in [0.25, 0.3) is 0 Å². The van der Waals surface area contributed by atoms with E-state index in [9.17, 15) is 9.59 Å². The second kappa shape index (κ2) is 10.8. The van der Waals surface area contributed by atoms with Crippen LogP contribution in [0.15, 0.2) is 0 Å². The molecule has 21 heavy (non-hydrogen) atoms. The highest BCUT2D eigenvalue weighted by molar-refractivity contribution is 5.85. The lowest BCUT2D eigenvalue weighted by atomic mass is 10.1. The molecule has 1 amide bonds. The van der Waals surface area contributed by atoms with Crippen LogP contribution in [-0.2, 0) is 19.1 Å². The Kier molecular flexibility index (Phi) is 10.4. The maximum absolute atomic E-state index is 12.3. The Labute approximate surface area is 132 Å². The number of amides is 1. The molecule has 1 unspecified atom stereocenters. The molecule has 6 nitrogen and oxygen atoms in total. The molecule has 0 aromatic rings. The number of carbonyl (C=O) groups excluding carboxylic acids is 2. The second-order valence-electron chi connectivity index (χ2n) is 5.46. The van der Waals surface area contributed by atoms with Gasteiger partial charge in [-0.2, -0.15) is 0 Å². The highest BCUT2D eigenvalue weighted by Crippen LogP contribution is 2.08. The fraction of sp³-hybridized carbons (Fsp3) is 0.857. The molecular weight excluding hydrogens is 296 g/mol. The summed E-state index contributed by atoms with van der Waals surface area (Å²) in [5.74, 6) is 0.112. The summed E-state index contributed by atoms with van der Waals surface area (Å²) in [5, 5.41) is 3.21. The van der Waals surface area contributed by atoms with Gasteiger partial charge < -0.3 is 19.7 Å². The predicted molar refractivity (Wildman–Crippen MR) is 82.5 cm³/mol. The number of halogens is 1. The Hall–Kier alpha value is -0.850. The van der Waals surface area contributed by atoms with E-state index < -0.39 is 0 Å². The number of morpholine rings is 1. The molecule has 1 saturated heterocycles. The predicted octanol–water partition coefficient (Wildman–Crippen LogP) is 0.834. The van der Waals surface area contributed by atoms with Crippen LogP contribution >= 0.6 is 12.4 Å². The van der Waals surface area contributed by atoms with Crippen molar-refractivity contribution in [3.63, 3.8) is 0 Å². The number of hydrogen-bond donors (Lipinski definition) is 1. The van der Waals surface area contributed by atoms with Crippen LogP contribution in [0, 0.1) is 5.92 Å². The fourth-order valence-corrected chi connectivity index (χ4v) is 2.16. The Morgan fingerprint density at radius 1 is 1.43 bits per heavy atom. The minimum Gasteiger partial charge on any atom is -0.469 e. The normalized spacial score (nSPS) is 18.0. The van der Waals surface area contributed by atoms with Crippen LogP contribution in [0.25, 0.3) is 0 Å². The van der Waals surface area contributed by atoms with E-state index in [2.05, 4.69) is 23.9 Å². The zero-order valence-corrected chi connectivity index (χ0v) is 13.9. The van der Waals surface area contributed by atoms with Gasteiger partial charge in [0, 0.05) is 26.2 Å². The first-order valence-corrected chi connectivity index (χ1v) is 7.19. The molecule has 1 aliphatic heterocycles. The average molecular weight is 323 g/mol. The molecular formula is C14H27ClN2O4. The summed E-state index contributed by atoms with van der Waals surface area (Å²) in [4.78, 5) is 25.3. The Morgan fingerprint density at radius 2 is 2.14 bits per heavy atom. The molecule has 0 aromatic heterocycles. The molecule has 0 bridgehead atoms. The van der Waals surface area contributed by atoms with Crippen LogP contribution in [0.3, 0.4) is 0 Å². The highest BCUT2D eigenvalue weighted by atomic mass is 35.5. The molecule has 7 heteroatoms. The van der Waals surface area contributed by atoms with Crippen LogP contribution < -0.4 is 5.32 Å². The summed E-state index contributed by atoms with van der Waals surface area (Å²) >= 11 is 0. The van der Waals surface area contributed by atoms with Crippen molar-refractivity contribution in [1.82, 2.24) is 10.2 Å². The topological polar surface area (TPSA) is 67.9 Å². The Morgan fingerprint density at radius 3 is 2.67 bits per heavy atom. The van der Waals surface area contributed by atoms with E-state index in [1.54, 1.807) is 4.90 Å². The number of rotatable bonds is 7. The van der Waals surface area contributed by atoms with Gasteiger partial charge in [-0.05, 0) is 5.92 Å². The lowest BCUT2D eigenvalue weighted by molar-refractivity contribution is -0.142. The number of esters is 1. The van der Waals surface area contributed by atoms with Crippen LogP contribution in [0.4, 0.5) is 0 Å². The largest absolute Gasteiger partial charge is 0.469 e. The first-order chi connectivity index (χ1) is 9.52. The molecule has 1 N–H and O–H groups in total. The van der Waals surface area contributed by atoms with Crippen molar-refractivity contribution in [2.75, 3.05) is 39.9 Å². The highest BCUT2D eigenvalue weighted by Gasteiger charge is 2.22. The van der Waals surface area contributed by atoms with Gasteiger partial charge in [0.2, 0.25) is 5.91 Å². The van der Waals surface area contributed by atoms with Crippen molar-refractivity contribution < 1.29 is 19.1 Å². The van der Waals surface area contributed by atoms with Gasteiger partial charge >= 0.3 is 5.97 Å². The molecule has 1 fully saturated rings. The first-order valence-electron chi connectivity index (χ1n) is 7.19. The van der Waals surface area contributed by atoms with E-state index >= 15 is 0 Å². The van der Waals surface area contributed by atoms with Crippen molar-refractivity contribution >= 4 is 24.3 Å². The number of hydrogen-bond acceptors (Lipinski definition) is 5. The van der Waals surface area contributed by atoms with Gasteiger partial charge in [-0.15, -0.1) is 12.4 Å². The maximum Gasteiger partial charge on any atom is 0.307 e. The molecule has 0 aromatic carbocycles. The van der Waals surface area contributed by atoms with Gasteiger partial charge in [-0.1, -0.05) is 13.8 Å². The number of nitrogens with zero attached hydrogens (tertiary/aromatic N) is 1. The third kappa shape index (κ3) is 8.24. The van der Waals surface area contributed by atoms with Gasteiger partial charge in [-0.25, -0.2) is 0 Å². The molecule has 1 aliphatic rings. The first kappa shape index (κ1) is 20.1. The molecule has 124 valence electrons. The number of carbonyl (C=O) groups is 2. The third-order valence-electron chi connectivity index (χ3n) is 3.16. The van der Waals surface area contributed by atoms with Crippen molar-refractivity contribution in [2.45, 2.75) is 32.8 Å². The van der Waals surface area contributed by atoms with Gasteiger partial charge in [0.15, 0.2) is 0 Å². The van der Waals surface area contributed by atoms with E-state index in [1.807, 2.05) is 0 Å². The summed E-state index contributed by atoms with van der Waals surface area (Å²) in [6.45, 7) is 7.35. The van der Waals surface area contributed by atoms with E-state index in [0.717, 1.165) is 6.54 Å². The zero-order chi connectivity index (χ0) is 15.0. The third-order valence-corrected chi connectivity index (χ3v) is 3.16. The number of nitrogens with one attached hydrogen (secondary N) is 1. The Balaban J connectivity index is 0.00000400. The Bertz CT molecular complexity index is 320. The lowest BCUT2D eigenvalue weighted by Gasteiger charge is -2.28. The SMILES string of the molecule is COC(=O)CCN(CC(C)C)C(=O)CC1CNCCO1.Cl. The molecule has 1 heterocycles.